The summed E-state index contributed by atoms with van der Waals surface area (Å²) in [6, 6.07) is -0.536. The van der Waals surface area contributed by atoms with E-state index in [1.165, 1.54) is 315 Å². The fourth-order valence-electron chi connectivity index (χ4n) is 11.1. The van der Waals surface area contributed by atoms with E-state index in [-0.39, 0.29) is 18.5 Å². The quantitative estimate of drug-likeness (QED) is 0.0320. The van der Waals surface area contributed by atoms with Gasteiger partial charge in [-0.2, -0.15) is 0 Å². The number of hydrogen-bond acceptors (Lipinski definition) is 5. The molecule has 0 aromatic rings. The normalized spacial score (nSPS) is 12.6. The Labute approximate surface area is 481 Å². The SMILES string of the molecule is CCCCCC/C=C\CCCCCCCC(=O)OCCCCCCCCCCCCCCCCCC/C=C\CCCCCCCCCCCCCCCCCCCC(=O)NC(CO)C(O)CCCCCCCCCCCC. The van der Waals surface area contributed by atoms with Crippen molar-refractivity contribution in [3.8, 4) is 0 Å². The fourth-order valence-corrected chi connectivity index (χ4v) is 11.1. The lowest BCUT2D eigenvalue weighted by molar-refractivity contribution is -0.143. The zero-order valence-electron chi connectivity index (χ0n) is 52.2. The summed E-state index contributed by atoms with van der Waals surface area (Å²) in [5.74, 6) is -0.0183. The number of aliphatic hydroxyl groups is 2. The lowest BCUT2D eigenvalue weighted by atomic mass is 10.0. The van der Waals surface area contributed by atoms with Crippen molar-refractivity contribution in [2.45, 2.75) is 405 Å². The molecule has 0 aliphatic rings. The molecule has 0 rings (SSSR count). The molecule has 0 aliphatic carbocycles. The molecule has 0 aliphatic heterocycles. The van der Waals surface area contributed by atoms with Crippen LogP contribution < -0.4 is 5.32 Å². The van der Waals surface area contributed by atoms with Gasteiger partial charge in [0.15, 0.2) is 0 Å². The zero-order valence-corrected chi connectivity index (χ0v) is 52.2. The van der Waals surface area contributed by atoms with Crippen LogP contribution in [-0.4, -0.2) is 47.4 Å². The highest BCUT2D eigenvalue weighted by Gasteiger charge is 2.20. The molecule has 456 valence electrons. The summed E-state index contributed by atoms with van der Waals surface area (Å²) in [6.07, 6.45) is 84.0. The molecular weight excluding hydrogens is 947 g/mol. The highest BCUT2D eigenvalue weighted by atomic mass is 16.5. The maximum absolute atomic E-state index is 12.4. The Kier molecular flexibility index (Phi) is 65.4. The molecule has 0 bridgehead atoms. The number of allylic oxidation sites excluding steroid dienone is 4. The number of carbonyl (C=O) groups is 2. The third-order valence-corrected chi connectivity index (χ3v) is 16.5. The lowest BCUT2D eigenvalue weighted by Gasteiger charge is -2.22. The lowest BCUT2D eigenvalue weighted by Crippen LogP contribution is -2.45. The Balaban J connectivity index is 3.30. The van der Waals surface area contributed by atoms with Crippen LogP contribution in [0.2, 0.25) is 0 Å². The summed E-state index contributed by atoms with van der Waals surface area (Å²) < 4.78 is 5.48. The number of esters is 1. The monoisotopic (exact) mass is 1080 g/mol. The minimum Gasteiger partial charge on any atom is -0.466 e. The van der Waals surface area contributed by atoms with Crippen molar-refractivity contribution < 1.29 is 24.5 Å². The van der Waals surface area contributed by atoms with Gasteiger partial charge < -0.3 is 20.3 Å². The first-order valence-electron chi connectivity index (χ1n) is 35.1. The van der Waals surface area contributed by atoms with Crippen molar-refractivity contribution in [3.05, 3.63) is 24.3 Å². The van der Waals surface area contributed by atoms with Crippen molar-refractivity contribution in [2.24, 2.45) is 0 Å². The molecule has 0 aromatic carbocycles. The number of aliphatic hydroxyl groups excluding tert-OH is 2. The third kappa shape index (κ3) is 63.4. The van der Waals surface area contributed by atoms with Gasteiger partial charge in [0.25, 0.3) is 0 Å². The molecule has 0 radical (unpaired) electrons. The number of amides is 1. The molecule has 0 aromatic heterocycles. The number of carbonyl (C=O) groups excluding carboxylic acids is 2. The van der Waals surface area contributed by atoms with E-state index in [2.05, 4.69) is 43.5 Å². The minimum absolute atomic E-state index is 0.0125. The van der Waals surface area contributed by atoms with Gasteiger partial charge in [0, 0.05) is 12.8 Å². The first kappa shape index (κ1) is 75.3. The Morgan fingerprint density at radius 2 is 0.610 bits per heavy atom. The number of ether oxygens (including phenoxy) is 1. The molecule has 0 heterocycles. The molecular formula is C71H137NO5. The van der Waals surface area contributed by atoms with E-state index in [4.69, 9.17) is 4.74 Å². The Morgan fingerprint density at radius 3 is 0.935 bits per heavy atom. The number of hydrogen-bond donors (Lipinski definition) is 3. The number of rotatable bonds is 66. The van der Waals surface area contributed by atoms with Crippen LogP contribution in [0.3, 0.4) is 0 Å². The molecule has 0 fully saturated rings. The predicted molar refractivity (Wildman–Crippen MR) is 338 cm³/mol. The maximum Gasteiger partial charge on any atom is 0.305 e. The van der Waals surface area contributed by atoms with Gasteiger partial charge in [-0.1, -0.05) is 327 Å². The van der Waals surface area contributed by atoms with E-state index in [1.807, 2.05) is 0 Å². The van der Waals surface area contributed by atoms with Crippen LogP contribution in [-0.2, 0) is 14.3 Å². The second-order valence-electron chi connectivity index (χ2n) is 24.2. The van der Waals surface area contributed by atoms with Crippen LogP contribution >= 0.6 is 0 Å². The van der Waals surface area contributed by atoms with Gasteiger partial charge in [0.2, 0.25) is 5.91 Å². The average molecular weight is 1080 g/mol. The second kappa shape index (κ2) is 66.8. The van der Waals surface area contributed by atoms with Crippen LogP contribution in [0.5, 0.6) is 0 Å². The molecule has 0 saturated heterocycles. The summed E-state index contributed by atoms with van der Waals surface area (Å²) in [4.78, 5) is 24.5. The largest absolute Gasteiger partial charge is 0.466 e. The van der Waals surface area contributed by atoms with Crippen molar-refractivity contribution in [1.29, 1.82) is 0 Å². The molecule has 0 spiro atoms. The summed E-state index contributed by atoms with van der Waals surface area (Å²) in [6.45, 7) is 4.95. The topological polar surface area (TPSA) is 95.9 Å². The van der Waals surface area contributed by atoms with Crippen LogP contribution in [0.1, 0.15) is 393 Å². The summed E-state index contributed by atoms with van der Waals surface area (Å²) in [7, 11) is 0. The van der Waals surface area contributed by atoms with Crippen molar-refractivity contribution >= 4 is 11.9 Å². The summed E-state index contributed by atoms with van der Waals surface area (Å²) in [5.41, 5.74) is 0. The average Bonchev–Trinajstić information content (AvgIpc) is 3.43. The molecule has 1 amide bonds. The fraction of sp³-hybridized carbons (Fsp3) is 0.915. The van der Waals surface area contributed by atoms with Gasteiger partial charge in [-0.15, -0.1) is 0 Å². The van der Waals surface area contributed by atoms with Gasteiger partial charge >= 0.3 is 5.97 Å². The third-order valence-electron chi connectivity index (χ3n) is 16.5. The van der Waals surface area contributed by atoms with Crippen molar-refractivity contribution in [2.75, 3.05) is 13.2 Å². The zero-order chi connectivity index (χ0) is 55.7. The van der Waals surface area contributed by atoms with Gasteiger partial charge in [0.1, 0.15) is 0 Å². The van der Waals surface area contributed by atoms with E-state index in [0.717, 1.165) is 44.9 Å². The summed E-state index contributed by atoms with van der Waals surface area (Å²) in [5, 5.41) is 23.2. The van der Waals surface area contributed by atoms with Crippen molar-refractivity contribution in [1.82, 2.24) is 5.32 Å². The Morgan fingerprint density at radius 1 is 0.351 bits per heavy atom. The smallest absolute Gasteiger partial charge is 0.305 e. The van der Waals surface area contributed by atoms with E-state index >= 15 is 0 Å². The molecule has 6 nitrogen and oxygen atoms in total. The van der Waals surface area contributed by atoms with E-state index in [0.29, 0.717) is 25.9 Å². The van der Waals surface area contributed by atoms with Crippen molar-refractivity contribution in [3.63, 3.8) is 0 Å². The van der Waals surface area contributed by atoms with Gasteiger partial charge in [-0.3, -0.25) is 9.59 Å². The Hall–Kier alpha value is -1.66. The number of unbranched alkanes of at least 4 members (excludes halogenated alkanes) is 51. The van der Waals surface area contributed by atoms with Crippen LogP contribution in [0.15, 0.2) is 24.3 Å². The molecule has 2 atom stereocenters. The Bertz CT molecular complexity index is 1200. The second-order valence-corrected chi connectivity index (χ2v) is 24.2. The standard InChI is InChI=1S/C71H137NO5/c1-3-5-7-9-11-13-15-41-45-49-53-57-61-65-71(76)77-66-62-58-54-50-46-43-40-38-36-34-32-30-28-26-24-22-20-18-16-17-19-21-23-25-27-29-31-33-35-37-39-42-44-48-52-56-60-64-70(75)72-68(67-73)69(74)63-59-55-51-47-14-12-10-8-6-4-2/h13,15-16,18,68-69,73-74H,3-12,14,17,19-67H2,1-2H3,(H,72,75)/b15-13-,18-16-. The van der Waals surface area contributed by atoms with Crippen LogP contribution in [0.25, 0.3) is 0 Å². The molecule has 3 N–H and O–H groups in total. The molecule has 77 heavy (non-hydrogen) atoms. The highest BCUT2D eigenvalue weighted by molar-refractivity contribution is 5.76. The van der Waals surface area contributed by atoms with E-state index in [9.17, 15) is 19.8 Å². The molecule has 6 heteroatoms. The summed E-state index contributed by atoms with van der Waals surface area (Å²) >= 11 is 0. The van der Waals surface area contributed by atoms with E-state index < -0.39 is 12.1 Å². The van der Waals surface area contributed by atoms with Crippen LogP contribution in [0.4, 0.5) is 0 Å². The molecule has 2 unspecified atom stereocenters. The van der Waals surface area contributed by atoms with Gasteiger partial charge in [-0.05, 0) is 77.0 Å². The molecule has 0 saturated carbocycles. The first-order chi connectivity index (χ1) is 38.0. The van der Waals surface area contributed by atoms with Gasteiger partial charge in [-0.25, -0.2) is 0 Å². The van der Waals surface area contributed by atoms with Crippen LogP contribution in [0, 0.1) is 0 Å². The minimum atomic E-state index is -0.659. The highest BCUT2D eigenvalue weighted by Crippen LogP contribution is 2.19. The number of nitrogens with one attached hydrogen (secondary N) is 1. The maximum atomic E-state index is 12.4. The van der Waals surface area contributed by atoms with Gasteiger partial charge in [0.05, 0.1) is 25.4 Å². The first-order valence-corrected chi connectivity index (χ1v) is 35.1. The predicted octanol–water partition coefficient (Wildman–Crippen LogP) is 22.5. The van der Waals surface area contributed by atoms with E-state index in [1.54, 1.807) is 0 Å².